The van der Waals surface area contributed by atoms with Crippen molar-refractivity contribution in [2.24, 2.45) is 0 Å². The predicted octanol–water partition coefficient (Wildman–Crippen LogP) is 3.58. The molecule has 124 valence electrons. The smallest absolute Gasteiger partial charge is 0.200 e. The van der Waals surface area contributed by atoms with E-state index in [0.29, 0.717) is 0 Å². The summed E-state index contributed by atoms with van der Waals surface area (Å²) in [5, 5.41) is 0. The lowest BCUT2D eigenvalue weighted by atomic mass is 10.3. The summed E-state index contributed by atoms with van der Waals surface area (Å²) in [5.41, 5.74) is 0.996. The van der Waals surface area contributed by atoms with Crippen molar-refractivity contribution in [3.8, 4) is 0 Å². The zero-order chi connectivity index (χ0) is 17.3. The monoisotopic (exact) mass is 350 g/mol. The minimum Gasteiger partial charge on any atom is -0.378 e. The van der Waals surface area contributed by atoms with Gasteiger partial charge in [0, 0.05) is 25.5 Å². The van der Waals surface area contributed by atoms with Gasteiger partial charge in [-0.1, -0.05) is 0 Å². The highest BCUT2D eigenvalue weighted by molar-refractivity contribution is 7.86. The summed E-state index contributed by atoms with van der Waals surface area (Å²) in [7, 11) is 0.910. The van der Waals surface area contributed by atoms with Gasteiger partial charge in [0.2, 0.25) is 5.82 Å². The fraction of sp³-hybridized carbons (Fsp3) is 0.143. The van der Waals surface area contributed by atoms with Crippen LogP contribution < -0.4 is 9.62 Å². The van der Waals surface area contributed by atoms with Gasteiger partial charge in [-0.3, -0.25) is 0 Å². The van der Waals surface area contributed by atoms with Gasteiger partial charge in [0.25, 0.3) is 0 Å². The van der Waals surface area contributed by atoms with Crippen LogP contribution in [0.1, 0.15) is 0 Å². The maximum Gasteiger partial charge on any atom is 0.200 e. The Bertz CT molecular complexity index is 736. The van der Waals surface area contributed by atoms with E-state index in [0.717, 1.165) is 5.69 Å². The standard InChI is InChI=1S/C14H11F5N2OS/c1-21(2)8-5-3-7(4-6-8)20-23(22)14-12(18)10(16)9(15)11(17)13(14)19/h3-6,20H,1-2H3. The summed E-state index contributed by atoms with van der Waals surface area (Å²) < 4.78 is 80.5. The second-order valence-electron chi connectivity index (χ2n) is 4.71. The molecule has 0 aliphatic rings. The summed E-state index contributed by atoms with van der Waals surface area (Å²) >= 11 is 0. The minimum absolute atomic E-state index is 0.192. The van der Waals surface area contributed by atoms with E-state index in [4.69, 9.17) is 0 Å². The van der Waals surface area contributed by atoms with Crippen molar-refractivity contribution in [2.75, 3.05) is 23.7 Å². The van der Waals surface area contributed by atoms with Gasteiger partial charge in [-0.25, -0.2) is 26.2 Å². The molecule has 9 heteroatoms. The molecule has 0 amide bonds. The molecule has 2 aromatic carbocycles. The normalized spacial score (nSPS) is 12.1. The molecule has 0 saturated heterocycles. The van der Waals surface area contributed by atoms with E-state index in [-0.39, 0.29) is 5.69 Å². The molecule has 2 aromatic rings. The highest BCUT2D eigenvalue weighted by atomic mass is 32.2. The summed E-state index contributed by atoms with van der Waals surface area (Å²) in [5.74, 6) is -10.8. The Balaban J connectivity index is 2.35. The van der Waals surface area contributed by atoms with E-state index in [1.165, 1.54) is 12.1 Å². The molecule has 0 bridgehead atoms. The van der Waals surface area contributed by atoms with Gasteiger partial charge in [-0.15, -0.1) is 0 Å². The number of benzene rings is 2. The Morgan fingerprint density at radius 3 is 1.70 bits per heavy atom. The lowest BCUT2D eigenvalue weighted by Crippen LogP contribution is -2.14. The Hall–Kier alpha value is -2.16. The SMILES string of the molecule is CN(C)c1ccc(NS(=O)c2c(F)c(F)c(F)c(F)c2F)cc1. The minimum atomic E-state index is -2.66. The second kappa shape index (κ2) is 6.53. The Morgan fingerprint density at radius 1 is 0.826 bits per heavy atom. The Morgan fingerprint density at radius 2 is 1.26 bits per heavy atom. The van der Waals surface area contributed by atoms with Crippen molar-refractivity contribution in [1.29, 1.82) is 0 Å². The molecule has 0 spiro atoms. The second-order valence-corrected chi connectivity index (χ2v) is 5.86. The molecule has 0 heterocycles. The Labute approximate surface area is 131 Å². The van der Waals surface area contributed by atoms with Crippen molar-refractivity contribution in [2.45, 2.75) is 4.90 Å². The predicted molar refractivity (Wildman–Crippen MR) is 77.0 cm³/mol. The molecule has 3 nitrogen and oxygen atoms in total. The zero-order valence-corrected chi connectivity index (χ0v) is 12.8. The van der Waals surface area contributed by atoms with Crippen LogP contribution >= 0.6 is 0 Å². The topological polar surface area (TPSA) is 32.3 Å². The summed E-state index contributed by atoms with van der Waals surface area (Å²) in [6, 6.07) is 6.16. The number of anilines is 2. The maximum atomic E-state index is 13.6. The van der Waals surface area contributed by atoms with Crippen LogP contribution in [0.4, 0.5) is 33.3 Å². The van der Waals surface area contributed by atoms with Gasteiger partial charge in [0.1, 0.15) is 4.90 Å². The number of halogens is 5. The van der Waals surface area contributed by atoms with Crippen LogP contribution in [0.15, 0.2) is 29.2 Å². The molecule has 0 fully saturated rings. The van der Waals surface area contributed by atoms with Crippen LogP contribution in [0.3, 0.4) is 0 Å². The van der Waals surface area contributed by atoms with E-state index in [9.17, 15) is 26.2 Å². The number of nitrogens with one attached hydrogen (secondary N) is 1. The average Bonchev–Trinajstić information content (AvgIpc) is 2.51. The van der Waals surface area contributed by atoms with Crippen LogP contribution in [-0.4, -0.2) is 18.3 Å². The van der Waals surface area contributed by atoms with Crippen molar-refractivity contribution in [1.82, 2.24) is 0 Å². The molecule has 0 aromatic heterocycles. The van der Waals surface area contributed by atoms with Crippen molar-refractivity contribution < 1.29 is 26.2 Å². The average molecular weight is 350 g/mol. The largest absolute Gasteiger partial charge is 0.378 e. The first kappa shape index (κ1) is 17.2. The molecule has 1 atom stereocenters. The molecule has 23 heavy (non-hydrogen) atoms. The molecule has 2 rings (SSSR count). The first-order valence-corrected chi connectivity index (χ1v) is 7.36. The fourth-order valence-electron chi connectivity index (χ4n) is 1.73. The number of hydrogen-bond donors (Lipinski definition) is 1. The van der Waals surface area contributed by atoms with Crippen LogP contribution in [0, 0.1) is 29.1 Å². The van der Waals surface area contributed by atoms with Crippen LogP contribution in [0.2, 0.25) is 0 Å². The number of nitrogens with zero attached hydrogens (tertiary/aromatic N) is 1. The zero-order valence-electron chi connectivity index (χ0n) is 12.0. The molecule has 0 aliphatic carbocycles. The molecule has 0 radical (unpaired) electrons. The third-order valence-electron chi connectivity index (χ3n) is 2.95. The third-order valence-corrected chi connectivity index (χ3v) is 4.10. The van der Waals surface area contributed by atoms with E-state index < -0.39 is 45.0 Å². The van der Waals surface area contributed by atoms with Gasteiger partial charge in [0.05, 0.1) is 0 Å². The van der Waals surface area contributed by atoms with E-state index in [2.05, 4.69) is 4.72 Å². The molecule has 1 N–H and O–H groups in total. The van der Waals surface area contributed by atoms with Gasteiger partial charge in [-0.05, 0) is 24.3 Å². The number of hydrogen-bond acceptors (Lipinski definition) is 2. The van der Waals surface area contributed by atoms with E-state index >= 15 is 0 Å². The first-order valence-electron chi connectivity index (χ1n) is 6.21. The van der Waals surface area contributed by atoms with Crippen molar-refractivity contribution in [3.63, 3.8) is 0 Å². The van der Waals surface area contributed by atoms with E-state index in [1.54, 1.807) is 31.1 Å². The van der Waals surface area contributed by atoms with Gasteiger partial charge in [0.15, 0.2) is 34.3 Å². The molecule has 0 saturated carbocycles. The third kappa shape index (κ3) is 3.29. The van der Waals surface area contributed by atoms with E-state index in [1.807, 2.05) is 0 Å². The van der Waals surface area contributed by atoms with Crippen molar-refractivity contribution >= 4 is 22.4 Å². The van der Waals surface area contributed by atoms with Gasteiger partial charge >= 0.3 is 0 Å². The molecular weight excluding hydrogens is 339 g/mol. The summed E-state index contributed by atoms with van der Waals surface area (Å²) in [6.45, 7) is 0. The molecule has 1 unspecified atom stereocenters. The summed E-state index contributed by atoms with van der Waals surface area (Å²) in [6.07, 6.45) is 0. The fourth-order valence-corrected chi connectivity index (χ4v) is 2.69. The van der Waals surface area contributed by atoms with Gasteiger partial charge in [-0.2, -0.15) is 0 Å². The van der Waals surface area contributed by atoms with Crippen LogP contribution in [0.25, 0.3) is 0 Å². The first-order chi connectivity index (χ1) is 10.7. The van der Waals surface area contributed by atoms with Crippen LogP contribution in [0.5, 0.6) is 0 Å². The van der Waals surface area contributed by atoms with Crippen molar-refractivity contribution in [3.05, 3.63) is 53.4 Å². The lowest BCUT2D eigenvalue weighted by Gasteiger charge is -2.13. The molecular formula is C14H11F5N2OS. The summed E-state index contributed by atoms with van der Waals surface area (Å²) in [4.78, 5) is 0.364. The maximum absolute atomic E-state index is 13.6. The highest BCUT2D eigenvalue weighted by Gasteiger charge is 2.29. The lowest BCUT2D eigenvalue weighted by molar-refractivity contribution is 0.359. The molecule has 0 aliphatic heterocycles. The highest BCUT2D eigenvalue weighted by Crippen LogP contribution is 2.26. The number of rotatable bonds is 4. The Kier molecular flexibility index (Phi) is 4.88. The quantitative estimate of drug-likeness (QED) is 0.519. The van der Waals surface area contributed by atoms with Crippen LogP contribution in [-0.2, 0) is 11.0 Å². The van der Waals surface area contributed by atoms with Gasteiger partial charge < -0.3 is 9.62 Å².